The van der Waals surface area contributed by atoms with Crippen molar-refractivity contribution >= 4 is 5.97 Å². The SMILES string of the molecule is COc1ccc(C(N)CC(=O)O)c2c1CCC2. The molecule has 1 unspecified atom stereocenters. The van der Waals surface area contributed by atoms with Gasteiger partial charge in [0.25, 0.3) is 0 Å². The van der Waals surface area contributed by atoms with Crippen LogP contribution in [0.15, 0.2) is 12.1 Å². The van der Waals surface area contributed by atoms with Crippen molar-refractivity contribution in [2.45, 2.75) is 31.7 Å². The summed E-state index contributed by atoms with van der Waals surface area (Å²) in [6.07, 6.45) is 3.02. The third-order valence-corrected chi connectivity index (χ3v) is 3.29. The van der Waals surface area contributed by atoms with Gasteiger partial charge in [-0.25, -0.2) is 0 Å². The van der Waals surface area contributed by atoms with Gasteiger partial charge >= 0.3 is 5.97 Å². The Balaban J connectivity index is 2.36. The molecule has 1 atom stereocenters. The number of carboxylic acid groups (broad SMARTS) is 1. The first-order valence-corrected chi connectivity index (χ1v) is 5.79. The fourth-order valence-electron chi connectivity index (χ4n) is 2.54. The standard InChI is InChI=1S/C13H17NO3/c1-17-12-6-5-9(11(14)7-13(15)16)8-3-2-4-10(8)12/h5-6,11H,2-4,7,14H2,1H3,(H,15,16). The van der Waals surface area contributed by atoms with Gasteiger partial charge in [-0.1, -0.05) is 6.07 Å². The summed E-state index contributed by atoms with van der Waals surface area (Å²) < 4.78 is 5.32. The molecule has 4 heteroatoms. The Bertz CT molecular complexity index is 443. The Morgan fingerprint density at radius 2 is 2.18 bits per heavy atom. The van der Waals surface area contributed by atoms with Crippen molar-refractivity contribution in [3.05, 3.63) is 28.8 Å². The number of ether oxygens (including phenoxy) is 1. The highest BCUT2D eigenvalue weighted by atomic mass is 16.5. The molecule has 1 aromatic carbocycles. The Morgan fingerprint density at radius 1 is 1.47 bits per heavy atom. The fourth-order valence-corrected chi connectivity index (χ4v) is 2.54. The number of carboxylic acids is 1. The van der Waals surface area contributed by atoms with Crippen molar-refractivity contribution in [1.29, 1.82) is 0 Å². The molecule has 92 valence electrons. The molecule has 0 heterocycles. The average molecular weight is 235 g/mol. The third-order valence-electron chi connectivity index (χ3n) is 3.29. The number of rotatable bonds is 4. The molecule has 0 radical (unpaired) electrons. The number of aliphatic carboxylic acids is 1. The highest BCUT2D eigenvalue weighted by molar-refractivity contribution is 5.68. The zero-order valence-corrected chi connectivity index (χ0v) is 9.90. The van der Waals surface area contributed by atoms with E-state index in [1.165, 1.54) is 11.1 Å². The second-order valence-corrected chi connectivity index (χ2v) is 4.37. The lowest BCUT2D eigenvalue weighted by atomic mass is 9.95. The van der Waals surface area contributed by atoms with Gasteiger partial charge in [-0.15, -0.1) is 0 Å². The van der Waals surface area contributed by atoms with Crippen molar-refractivity contribution in [3.8, 4) is 5.75 Å². The van der Waals surface area contributed by atoms with E-state index < -0.39 is 12.0 Å². The molecule has 0 amide bonds. The summed E-state index contributed by atoms with van der Waals surface area (Å²) in [7, 11) is 1.66. The van der Waals surface area contributed by atoms with Crippen LogP contribution in [0.5, 0.6) is 5.75 Å². The highest BCUT2D eigenvalue weighted by Gasteiger charge is 2.22. The van der Waals surface area contributed by atoms with E-state index in [4.69, 9.17) is 15.6 Å². The topological polar surface area (TPSA) is 72.5 Å². The summed E-state index contributed by atoms with van der Waals surface area (Å²) in [5, 5.41) is 8.79. The summed E-state index contributed by atoms with van der Waals surface area (Å²) >= 11 is 0. The Morgan fingerprint density at radius 3 is 2.82 bits per heavy atom. The van der Waals surface area contributed by atoms with E-state index in [1.54, 1.807) is 7.11 Å². The molecule has 3 N–H and O–H groups in total. The first kappa shape index (κ1) is 11.9. The molecule has 0 saturated carbocycles. The molecule has 0 bridgehead atoms. The van der Waals surface area contributed by atoms with E-state index in [0.717, 1.165) is 30.6 Å². The monoisotopic (exact) mass is 235 g/mol. The largest absolute Gasteiger partial charge is 0.496 e. The lowest BCUT2D eigenvalue weighted by Gasteiger charge is -2.16. The smallest absolute Gasteiger partial charge is 0.305 e. The first-order chi connectivity index (χ1) is 8.13. The summed E-state index contributed by atoms with van der Waals surface area (Å²) in [6, 6.07) is 3.36. The quantitative estimate of drug-likeness (QED) is 0.832. The van der Waals surface area contributed by atoms with E-state index in [1.807, 2.05) is 12.1 Å². The van der Waals surface area contributed by atoms with E-state index >= 15 is 0 Å². The van der Waals surface area contributed by atoms with Gasteiger partial charge in [-0.2, -0.15) is 0 Å². The molecule has 1 aromatic rings. The van der Waals surface area contributed by atoms with Crippen LogP contribution in [0.1, 0.15) is 35.6 Å². The lowest BCUT2D eigenvalue weighted by Crippen LogP contribution is -2.17. The van der Waals surface area contributed by atoms with Crippen molar-refractivity contribution in [3.63, 3.8) is 0 Å². The second-order valence-electron chi connectivity index (χ2n) is 4.37. The van der Waals surface area contributed by atoms with Crippen LogP contribution in [0.25, 0.3) is 0 Å². The third kappa shape index (κ3) is 2.26. The predicted molar refractivity (Wildman–Crippen MR) is 64.2 cm³/mol. The summed E-state index contributed by atoms with van der Waals surface area (Å²) in [5.74, 6) is 0.0313. The highest BCUT2D eigenvalue weighted by Crippen LogP contribution is 2.35. The number of nitrogens with two attached hydrogens (primary N) is 1. The Labute approximate surface area is 100 Å². The van der Waals surface area contributed by atoms with Gasteiger partial charge in [0, 0.05) is 6.04 Å². The molecule has 17 heavy (non-hydrogen) atoms. The zero-order valence-electron chi connectivity index (χ0n) is 9.90. The number of benzene rings is 1. The van der Waals surface area contributed by atoms with Crippen LogP contribution in [0, 0.1) is 0 Å². The molecular weight excluding hydrogens is 218 g/mol. The van der Waals surface area contributed by atoms with E-state index in [2.05, 4.69) is 0 Å². The number of methoxy groups -OCH3 is 1. The molecular formula is C13H17NO3. The van der Waals surface area contributed by atoms with Gasteiger partial charge < -0.3 is 15.6 Å². The lowest BCUT2D eigenvalue weighted by molar-refractivity contribution is -0.137. The minimum atomic E-state index is -0.861. The van der Waals surface area contributed by atoms with Gasteiger partial charge in [0.1, 0.15) is 5.75 Å². The van der Waals surface area contributed by atoms with Crippen LogP contribution >= 0.6 is 0 Å². The molecule has 0 fully saturated rings. The normalized spacial score (nSPS) is 15.4. The number of hydrogen-bond acceptors (Lipinski definition) is 3. The van der Waals surface area contributed by atoms with E-state index in [9.17, 15) is 4.79 Å². The molecule has 0 saturated heterocycles. The van der Waals surface area contributed by atoms with Crippen LogP contribution in [0.4, 0.5) is 0 Å². The van der Waals surface area contributed by atoms with Crippen molar-refractivity contribution in [2.75, 3.05) is 7.11 Å². The minimum absolute atomic E-state index is 0.0290. The van der Waals surface area contributed by atoms with Crippen LogP contribution in [0.3, 0.4) is 0 Å². The Hall–Kier alpha value is -1.55. The molecule has 1 aliphatic rings. The van der Waals surface area contributed by atoms with E-state index in [-0.39, 0.29) is 6.42 Å². The maximum atomic E-state index is 10.7. The summed E-state index contributed by atoms with van der Waals surface area (Å²) in [5.41, 5.74) is 9.29. The first-order valence-electron chi connectivity index (χ1n) is 5.79. The number of hydrogen-bond donors (Lipinski definition) is 2. The van der Waals surface area contributed by atoms with E-state index in [0.29, 0.717) is 0 Å². The van der Waals surface area contributed by atoms with Crippen molar-refractivity contribution < 1.29 is 14.6 Å². The molecule has 0 aliphatic heterocycles. The van der Waals surface area contributed by atoms with Gasteiger partial charge in [0.15, 0.2) is 0 Å². The molecule has 2 rings (SSSR count). The van der Waals surface area contributed by atoms with Gasteiger partial charge in [0.05, 0.1) is 13.5 Å². The summed E-state index contributed by atoms with van der Waals surface area (Å²) in [6.45, 7) is 0. The predicted octanol–water partition coefficient (Wildman–Crippen LogP) is 1.66. The minimum Gasteiger partial charge on any atom is -0.496 e. The second kappa shape index (κ2) is 4.75. The molecule has 1 aliphatic carbocycles. The average Bonchev–Trinajstić information content (AvgIpc) is 2.75. The Kier molecular flexibility index (Phi) is 3.33. The van der Waals surface area contributed by atoms with Crippen LogP contribution < -0.4 is 10.5 Å². The van der Waals surface area contributed by atoms with Crippen LogP contribution in [-0.2, 0) is 17.6 Å². The van der Waals surface area contributed by atoms with Gasteiger partial charge in [0.2, 0.25) is 0 Å². The number of fused-ring (bicyclic) bond motifs is 1. The summed E-state index contributed by atoms with van der Waals surface area (Å²) in [4.78, 5) is 10.7. The fraction of sp³-hybridized carbons (Fsp3) is 0.462. The van der Waals surface area contributed by atoms with Crippen molar-refractivity contribution in [1.82, 2.24) is 0 Å². The maximum Gasteiger partial charge on any atom is 0.305 e. The maximum absolute atomic E-state index is 10.7. The molecule has 0 aromatic heterocycles. The van der Waals surface area contributed by atoms with Crippen LogP contribution in [-0.4, -0.2) is 18.2 Å². The van der Waals surface area contributed by atoms with Crippen molar-refractivity contribution in [2.24, 2.45) is 5.73 Å². The molecule has 0 spiro atoms. The van der Waals surface area contributed by atoms with Gasteiger partial charge in [-0.3, -0.25) is 4.79 Å². The number of carbonyl (C=O) groups is 1. The van der Waals surface area contributed by atoms with Gasteiger partial charge in [-0.05, 0) is 42.0 Å². The van der Waals surface area contributed by atoms with Crippen LogP contribution in [0.2, 0.25) is 0 Å². The molecule has 4 nitrogen and oxygen atoms in total. The zero-order chi connectivity index (χ0) is 12.4.